The Hall–Kier alpha value is -4.43. The minimum absolute atomic E-state index is 0.232. The molecule has 4 aromatic rings. The molecule has 4 rings (SSSR count). The van der Waals surface area contributed by atoms with Gasteiger partial charge in [-0.3, -0.25) is 4.79 Å². The number of fused-ring (bicyclic) bond motifs is 1. The average Bonchev–Trinajstić information content (AvgIpc) is 3.31. The van der Waals surface area contributed by atoms with Crippen molar-refractivity contribution in [3.05, 3.63) is 84.6 Å². The standard InChI is InChI=1S/C30H33N5O3/c1-5-26(36)33-17-20-7-6-8-22(15-20)27-25-16-23(30(37)38-19(2)3)18-34-29(25)35-28(27)21-9-11-24(12-10-21)32-14-13-31-4/h5-12,15-16,18-19,31-32H,1,13-14,17H2,2-4H3,(H,33,36)(H,34,35). The predicted molar refractivity (Wildman–Crippen MR) is 152 cm³/mol. The Morgan fingerprint density at radius 3 is 2.58 bits per heavy atom. The number of amides is 1. The van der Waals surface area contributed by atoms with Gasteiger partial charge in [0.1, 0.15) is 5.65 Å². The fourth-order valence-electron chi connectivity index (χ4n) is 4.17. The molecule has 8 heteroatoms. The van der Waals surface area contributed by atoms with Gasteiger partial charge in [0.25, 0.3) is 0 Å². The summed E-state index contributed by atoms with van der Waals surface area (Å²) in [4.78, 5) is 32.4. The quantitative estimate of drug-likeness (QED) is 0.130. The lowest BCUT2D eigenvalue weighted by molar-refractivity contribution is -0.116. The summed E-state index contributed by atoms with van der Waals surface area (Å²) in [5.41, 5.74) is 6.73. The first-order valence-corrected chi connectivity index (χ1v) is 12.6. The van der Waals surface area contributed by atoms with Gasteiger partial charge in [-0.05, 0) is 67.9 Å². The van der Waals surface area contributed by atoms with E-state index in [1.165, 1.54) is 12.3 Å². The first kappa shape index (κ1) is 26.6. The number of ether oxygens (including phenoxy) is 1. The van der Waals surface area contributed by atoms with Crippen LogP contribution in [0, 0.1) is 0 Å². The number of carbonyl (C=O) groups excluding carboxylic acids is 2. The minimum atomic E-state index is -0.416. The van der Waals surface area contributed by atoms with E-state index < -0.39 is 5.97 Å². The van der Waals surface area contributed by atoms with E-state index in [2.05, 4.69) is 44.6 Å². The third-order valence-corrected chi connectivity index (χ3v) is 5.97. The second kappa shape index (κ2) is 12.2. The summed E-state index contributed by atoms with van der Waals surface area (Å²) in [6.07, 6.45) is 2.55. The summed E-state index contributed by atoms with van der Waals surface area (Å²) in [5.74, 6) is -0.648. The van der Waals surface area contributed by atoms with Crippen LogP contribution in [0.15, 0.2) is 73.4 Å². The molecular weight excluding hydrogens is 478 g/mol. The highest BCUT2D eigenvalue weighted by Gasteiger charge is 2.19. The molecule has 1 amide bonds. The summed E-state index contributed by atoms with van der Waals surface area (Å²) in [5, 5.41) is 10.1. The average molecular weight is 512 g/mol. The van der Waals surface area contributed by atoms with E-state index in [1.54, 1.807) is 0 Å². The van der Waals surface area contributed by atoms with Crippen molar-refractivity contribution >= 4 is 28.6 Å². The highest BCUT2D eigenvalue weighted by Crippen LogP contribution is 2.38. The second-order valence-electron chi connectivity index (χ2n) is 9.18. The number of esters is 1. The van der Waals surface area contributed by atoms with Crippen molar-refractivity contribution < 1.29 is 14.3 Å². The number of nitrogens with zero attached hydrogens (tertiary/aromatic N) is 1. The van der Waals surface area contributed by atoms with Gasteiger partial charge < -0.3 is 25.7 Å². The van der Waals surface area contributed by atoms with Crippen LogP contribution in [0.2, 0.25) is 0 Å². The van der Waals surface area contributed by atoms with Gasteiger partial charge >= 0.3 is 5.97 Å². The number of aromatic amines is 1. The van der Waals surface area contributed by atoms with Crippen LogP contribution < -0.4 is 16.0 Å². The van der Waals surface area contributed by atoms with Gasteiger partial charge in [0.2, 0.25) is 5.91 Å². The summed E-state index contributed by atoms with van der Waals surface area (Å²) >= 11 is 0. The van der Waals surface area contributed by atoms with E-state index in [1.807, 2.05) is 63.4 Å². The van der Waals surface area contributed by atoms with Gasteiger partial charge in [-0.15, -0.1) is 0 Å². The lowest BCUT2D eigenvalue weighted by Crippen LogP contribution is -2.19. The van der Waals surface area contributed by atoms with E-state index >= 15 is 0 Å². The van der Waals surface area contributed by atoms with Crippen molar-refractivity contribution in [3.63, 3.8) is 0 Å². The molecule has 0 radical (unpaired) electrons. The molecule has 0 spiro atoms. The number of nitrogens with one attached hydrogen (secondary N) is 4. The lowest BCUT2D eigenvalue weighted by Gasteiger charge is -2.11. The Kier molecular flexibility index (Phi) is 8.55. The number of pyridine rings is 1. The van der Waals surface area contributed by atoms with Crippen LogP contribution in [-0.2, 0) is 16.1 Å². The topological polar surface area (TPSA) is 108 Å². The van der Waals surface area contributed by atoms with Gasteiger partial charge in [-0.25, -0.2) is 9.78 Å². The SMILES string of the molecule is C=CC(=O)NCc1cccc(-c2c(-c3ccc(NCCNC)cc3)[nH]c3ncc(C(=O)OC(C)C)cc23)c1. The zero-order valence-electron chi connectivity index (χ0n) is 21.9. The number of carbonyl (C=O) groups is 2. The van der Waals surface area contributed by atoms with Crippen LogP contribution in [0.5, 0.6) is 0 Å². The molecule has 38 heavy (non-hydrogen) atoms. The molecule has 0 atom stereocenters. The molecule has 8 nitrogen and oxygen atoms in total. The molecule has 2 aromatic carbocycles. The number of hydrogen-bond donors (Lipinski definition) is 4. The number of likely N-dealkylation sites (N-methyl/N-ethyl adjacent to an activating group) is 1. The van der Waals surface area contributed by atoms with Gasteiger partial charge in [0.05, 0.1) is 17.4 Å². The molecule has 0 fully saturated rings. The van der Waals surface area contributed by atoms with E-state index in [4.69, 9.17) is 4.74 Å². The third-order valence-electron chi connectivity index (χ3n) is 5.97. The molecule has 2 heterocycles. The van der Waals surface area contributed by atoms with Crippen molar-refractivity contribution in [3.8, 4) is 22.4 Å². The van der Waals surface area contributed by atoms with Crippen LogP contribution in [0.25, 0.3) is 33.4 Å². The van der Waals surface area contributed by atoms with Crippen LogP contribution in [0.1, 0.15) is 29.8 Å². The Balaban J connectivity index is 1.80. The van der Waals surface area contributed by atoms with E-state index in [0.29, 0.717) is 17.8 Å². The molecule has 4 N–H and O–H groups in total. The molecule has 0 aliphatic heterocycles. The first-order chi connectivity index (χ1) is 18.4. The number of aromatic nitrogens is 2. The molecule has 0 bridgehead atoms. The Morgan fingerprint density at radius 2 is 1.87 bits per heavy atom. The van der Waals surface area contributed by atoms with Crippen LogP contribution in [-0.4, -0.2) is 48.1 Å². The van der Waals surface area contributed by atoms with Crippen molar-refractivity contribution in [2.24, 2.45) is 0 Å². The fraction of sp³-hybridized carbons (Fsp3) is 0.233. The maximum absolute atomic E-state index is 12.7. The molecule has 0 saturated carbocycles. The maximum atomic E-state index is 12.7. The zero-order chi connectivity index (χ0) is 27.1. The monoisotopic (exact) mass is 511 g/mol. The number of hydrogen-bond acceptors (Lipinski definition) is 6. The third kappa shape index (κ3) is 6.27. The lowest BCUT2D eigenvalue weighted by atomic mass is 9.97. The van der Waals surface area contributed by atoms with Crippen molar-refractivity contribution in [1.29, 1.82) is 0 Å². The van der Waals surface area contributed by atoms with Gasteiger partial charge in [-0.1, -0.05) is 36.9 Å². The Bertz CT molecular complexity index is 1440. The van der Waals surface area contributed by atoms with Crippen molar-refractivity contribution in [1.82, 2.24) is 20.6 Å². The highest BCUT2D eigenvalue weighted by molar-refractivity contribution is 6.05. The zero-order valence-corrected chi connectivity index (χ0v) is 21.9. The molecule has 0 saturated heterocycles. The van der Waals surface area contributed by atoms with Crippen molar-refractivity contribution in [2.75, 3.05) is 25.5 Å². The number of anilines is 1. The van der Waals surface area contributed by atoms with E-state index in [0.717, 1.165) is 52.1 Å². The molecule has 0 aliphatic rings. The largest absolute Gasteiger partial charge is 0.459 e. The Labute approximate surface area is 222 Å². The molecular formula is C30H33N5O3. The summed E-state index contributed by atoms with van der Waals surface area (Å²) in [6, 6.07) is 18.0. The Morgan fingerprint density at radius 1 is 1.08 bits per heavy atom. The van der Waals surface area contributed by atoms with E-state index in [9.17, 15) is 9.59 Å². The van der Waals surface area contributed by atoms with Crippen LogP contribution >= 0.6 is 0 Å². The summed E-state index contributed by atoms with van der Waals surface area (Å²) < 4.78 is 5.41. The number of rotatable bonds is 11. The van der Waals surface area contributed by atoms with Gasteiger partial charge in [0.15, 0.2) is 0 Å². The van der Waals surface area contributed by atoms with Gasteiger partial charge in [0, 0.05) is 42.5 Å². The van der Waals surface area contributed by atoms with Crippen molar-refractivity contribution in [2.45, 2.75) is 26.5 Å². The molecule has 196 valence electrons. The number of benzene rings is 2. The normalized spacial score (nSPS) is 10.9. The van der Waals surface area contributed by atoms with Crippen LogP contribution in [0.3, 0.4) is 0 Å². The number of H-pyrrole nitrogens is 1. The smallest absolute Gasteiger partial charge is 0.339 e. The maximum Gasteiger partial charge on any atom is 0.339 e. The second-order valence-corrected chi connectivity index (χ2v) is 9.18. The summed E-state index contributed by atoms with van der Waals surface area (Å²) in [7, 11) is 1.92. The first-order valence-electron chi connectivity index (χ1n) is 12.6. The van der Waals surface area contributed by atoms with Gasteiger partial charge in [-0.2, -0.15) is 0 Å². The molecule has 2 aromatic heterocycles. The molecule has 0 unspecified atom stereocenters. The summed E-state index contributed by atoms with van der Waals surface area (Å²) in [6.45, 7) is 9.20. The van der Waals surface area contributed by atoms with E-state index in [-0.39, 0.29) is 12.0 Å². The molecule has 0 aliphatic carbocycles. The fourth-order valence-corrected chi connectivity index (χ4v) is 4.17. The van der Waals surface area contributed by atoms with Crippen LogP contribution in [0.4, 0.5) is 5.69 Å². The highest BCUT2D eigenvalue weighted by atomic mass is 16.5. The predicted octanol–water partition coefficient (Wildman–Crippen LogP) is 4.90. The minimum Gasteiger partial charge on any atom is -0.459 e.